The zero-order valence-electron chi connectivity index (χ0n) is 9.71. The average molecular weight is 193 g/mol. The van der Waals surface area contributed by atoms with E-state index in [4.69, 9.17) is 0 Å². The monoisotopic (exact) mass is 193 g/mol. The van der Waals surface area contributed by atoms with Gasteiger partial charge in [-0.25, -0.2) is 0 Å². The fourth-order valence-corrected chi connectivity index (χ4v) is 1.65. The molecule has 0 aliphatic rings. The van der Waals surface area contributed by atoms with Gasteiger partial charge in [0, 0.05) is 6.42 Å². The average Bonchev–Trinajstić information content (AvgIpc) is 2.03. The lowest BCUT2D eigenvalue weighted by Crippen LogP contribution is -1.95. The minimum atomic E-state index is 0.324. The second kappa shape index (κ2) is 7.54. The summed E-state index contributed by atoms with van der Waals surface area (Å²) >= 11 is 0. The van der Waals surface area contributed by atoms with Crippen molar-refractivity contribution in [1.82, 2.24) is 0 Å². The second-order valence-corrected chi connectivity index (χ2v) is 4.05. The Bertz CT molecular complexity index is 213. The summed E-state index contributed by atoms with van der Waals surface area (Å²) in [4.78, 5) is 10.2. The highest BCUT2D eigenvalue weighted by atomic mass is 16.1. The van der Waals surface area contributed by atoms with E-state index in [0.717, 1.165) is 6.42 Å². The van der Waals surface area contributed by atoms with Crippen molar-refractivity contribution in [2.24, 2.45) is 11.8 Å². The Labute approximate surface area is 87.9 Å². The van der Waals surface area contributed by atoms with E-state index in [1.54, 1.807) is 0 Å². The van der Waals surface area contributed by atoms with E-state index in [9.17, 15) is 4.79 Å². The standard InChI is InChI=1S/C13H21O/c1-5-6-11(2)9-13(4)10-12(3)7-8-14/h5-6,10-12H,7,9H2,1-4H3/b6-5+,13-10+. The van der Waals surface area contributed by atoms with Crippen molar-refractivity contribution in [3.05, 3.63) is 23.8 Å². The molecular formula is C13H21O. The van der Waals surface area contributed by atoms with Crippen LogP contribution >= 0.6 is 0 Å². The molecule has 14 heavy (non-hydrogen) atoms. The van der Waals surface area contributed by atoms with Gasteiger partial charge in [0.05, 0.1) is 0 Å². The van der Waals surface area contributed by atoms with E-state index >= 15 is 0 Å². The SMILES string of the molecule is C/C=C/C(C)C/C(C)=C/C(C)C[C]=O. The predicted octanol–water partition coefficient (Wildman–Crippen LogP) is 3.67. The molecule has 0 N–H and O–H groups in total. The summed E-state index contributed by atoms with van der Waals surface area (Å²) in [6, 6.07) is 0. The van der Waals surface area contributed by atoms with Crippen LogP contribution in [-0.2, 0) is 4.79 Å². The van der Waals surface area contributed by atoms with Crippen LogP contribution in [0.25, 0.3) is 0 Å². The molecule has 0 heterocycles. The molecule has 2 unspecified atom stereocenters. The molecule has 0 aromatic carbocycles. The summed E-state index contributed by atoms with van der Waals surface area (Å²) in [5.74, 6) is 0.911. The Morgan fingerprint density at radius 1 is 1.36 bits per heavy atom. The molecule has 0 amide bonds. The van der Waals surface area contributed by atoms with Crippen molar-refractivity contribution >= 4 is 6.29 Å². The summed E-state index contributed by atoms with van der Waals surface area (Å²) in [6.45, 7) is 8.42. The first-order valence-corrected chi connectivity index (χ1v) is 5.25. The van der Waals surface area contributed by atoms with Crippen molar-refractivity contribution in [2.45, 2.75) is 40.5 Å². The summed E-state index contributed by atoms with van der Waals surface area (Å²) in [7, 11) is 0. The molecule has 79 valence electrons. The molecule has 0 saturated carbocycles. The van der Waals surface area contributed by atoms with Crippen LogP contribution in [0, 0.1) is 11.8 Å². The van der Waals surface area contributed by atoms with Crippen molar-refractivity contribution in [3.8, 4) is 0 Å². The molecule has 0 aliphatic carbocycles. The topological polar surface area (TPSA) is 17.1 Å². The first kappa shape index (κ1) is 13.2. The van der Waals surface area contributed by atoms with Gasteiger partial charge in [0.25, 0.3) is 0 Å². The van der Waals surface area contributed by atoms with E-state index in [2.05, 4.69) is 39.0 Å². The molecule has 0 rings (SSSR count). The quantitative estimate of drug-likeness (QED) is 0.588. The van der Waals surface area contributed by atoms with Gasteiger partial charge in [-0.1, -0.05) is 37.6 Å². The van der Waals surface area contributed by atoms with Gasteiger partial charge >= 0.3 is 0 Å². The van der Waals surface area contributed by atoms with Crippen LogP contribution in [0.1, 0.15) is 40.5 Å². The zero-order valence-corrected chi connectivity index (χ0v) is 9.71. The minimum Gasteiger partial charge on any atom is -0.291 e. The van der Waals surface area contributed by atoms with Crippen LogP contribution < -0.4 is 0 Å². The Kier molecular flexibility index (Phi) is 7.09. The first-order chi connectivity index (χ1) is 6.60. The highest BCUT2D eigenvalue weighted by Crippen LogP contribution is 2.15. The normalized spacial score (nSPS) is 17.0. The Balaban J connectivity index is 4.04. The third kappa shape index (κ3) is 6.64. The summed E-state index contributed by atoms with van der Waals surface area (Å²) < 4.78 is 0. The van der Waals surface area contributed by atoms with Gasteiger partial charge in [0.2, 0.25) is 0 Å². The number of rotatable bonds is 6. The van der Waals surface area contributed by atoms with Crippen molar-refractivity contribution in [3.63, 3.8) is 0 Å². The van der Waals surface area contributed by atoms with Crippen molar-refractivity contribution in [2.75, 3.05) is 0 Å². The van der Waals surface area contributed by atoms with Crippen molar-refractivity contribution < 1.29 is 4.79 Å². The molecule has 2 atom stereocenters. The van der Waals surface area contributed by atoms with Gasteiger partial charge in [0.15, 0.2) is 6.29 Å². The van der Waals surface area contributed by atoms with Crippen LogP contribution in [0.4, 0.5) is 0 Å². The van der Waals surface area contributed by atoms with Crippen LogP contribution in [0.2, 0.25) is 0 Å². The second-order valence-electron chi connectivity index (χ2n) is 4.05. The van der Waals surface area contributed by atoms with Gasteiger partial charge in [-0.3, -0.25) is 4.79 Å². The maximum Gasteiger partial charge on any atom is 0.198 e. The minimum absolute atomic E-state index is 0.324. The van der Waals surface area contributed by atoms with Gasteiger partial charge in [-0.15, -0.1) is 0 Å². The van der Waals surface area contributed by atoms with Crippen LogP contribution in [-0.4, -0.2) is 6.29 Å². The number of hydrogen-bond acceptors (Lipinski definition) is 1. The van der Waals surface area contributed by atoms with Crippen molar-refractivity contribution in [1.29, 1.82) is 0 Å². The Morgan fingerprint density at radius 3 is 2.50 bits per heavy atom. The molecular weight excluding hydrogens is 172 g/mol. The molecule has 1 heteroatoms. The smallest absolute Gasteiger partial charge is 0.198 e. The fraction of sp³-hybridized carbons (Fsp3) is 0.615. The maximum atomic E-state index is 10.2. The third-order valence-electron chi connectivity index (χ3n) is 2.14. The molecule has 0 aromatic heterocycles. The maximum absolute atomic E-state index is 10.2. The Morgan fingerprint density at radius 2 is 2.00 bits per heavy atom. The zero-order chi connectivity index (χ0) is 11.0. The van der Waals surface area contributed by atoms with Gasteiger partial charge in [0.1, 0.15) is 0 Å². The molecule has 1 radical (unpaired) electrons. The molecule has 0 bridgehead atoms. The summed E-state index contributed by atoms with van der Waals surface area (Å²) in [6.07, 6.45) is 9.99. The largest absolute Gasteiger partial charge is 0.291 e. The van der Waals surface area contributed by atoms with Gasteiger partial charge in [-0.2, -0.15) is 0 Å². The molecule has 0 fully saturated rings. The lowest BCUT2D eigenvalue weighted by molar-refractivity contribution is 0.541. The van der Waals surface area contributed by atoms with Gasteiger partial charge < -0.3 is 0 Å². The van der Waals surface area contributed by atoms with E-state index < -0.39 is 0 Å². The van der Waals surface area contributed by atoms with Crippen LogP contribution in [0.15, 0.2) is 23.8 Å². The molecule has 0 saturated heterocycles. The van der Waals surface area contributed by atoms with Gasteiger partial charge in [-0.05, 0) is 32.1 Å². The van der Waals surface area contributed by atoms with E-state index in [-0.39, 0.29) is 0 Å². The first-order valence-electron chi connectivity index (χ1n) is 5.25. The van der Waals surface area contributed by atoms with Crippen LogP contribution in [0.5, 0.6) is 0 Å². The Hall–Kier alpha value is -0.850. The molecule has 0 aliphatic heterocycles. The lowest BCUT2D eigenvalue weighted by atomic mass is 9.97. The van der Waals surface area contributed by atoms with E-state index in [0.29, 0.717) is 18.3 Å². The molecule has 1 nitrogen and oxygen atoms in total. The highest BCUT2D eigenvalue weighted by molar-refractivity contribution is 5.51. The summed E-state index contributed by atoms with van der Waals surface area (Å²) in [5.41, 5.74) is 1.36. The van der Waals surface area contributed by atoms with E-state index in [1.165, 1.54) is 5.57 Å². The molecule has 0 aromatic rings. The number of hydrogen-bond donors (Lipinski definition) is 0. The predicted molar refractivity (Wildman–Crippen MR) is 61.8 cm³/mol. The third-order valence-corrected chi connectivity index (χ3v) is 2.14. The van der Waals surface area contributed by atoms with Crippen LogP contribution in [0.3, 0.4) is 0 Å². The summed E-state index contributed by atoms with van der Waals surface area (Å²) in [5, 5.41) is 0. The number of allylic oxidation sites excluding steroid dienone is 4. The molecule has 0 spiro atoms. The lowest BCUT2D eigenvalue weighted by Gasteiger charge is -2.08. The number of carbonyl (C=O) groups excluding carboxylic acids is 1. The highest BCUT2D eigenvalue weighted by Gasteiger charge is 2.01. The fourth-order valence-electron chi connectivity index (χ4n) is 1.65. The van der Waals surface area contributed by atoms with E-state index in [1.807, 2.05) is 13.2 Å².